The first-order valence-electron chi connectivity index (χ1n) is 12.1. The van der Waals surface area contributed by atoms with Crippen LogP contribution >= 0.6 is 0 Å². The van der Waals surface area contributed by atoms with Crippen LogP contribution in [-0.2, 0) is 38.1 Å². The Morgan fingerprint density at radius 3 is 2.09 bits per heavy atom. The van der Waals surface area contributed by atoms with Crippen molar-refractivity contribution in [3.63, 3.8) is 0 Å². The minimum absolute atomic E-state index is 0.107. The van der Waals surface area contributed by atoms with E-state index in [1.54, 1.807) is 39.8 Å². The molecule has 2 aliphatic heterocycles. The van der Waals surface area contributed by atoms with Crippen LogP contribution in [0.5, 0.6) is 0 Å². The van der Waals surface area contributed by atoms with Crippen LogP contribution in [0.3, 0.4) is 0 Å². The molecule has 0 aromatic carbocycles. The molecule has 194 valence electrons. The Morgan fingerprint density at radius 2 is 1.57 bits per heavy atom. The second kappa shape index (κ2) is 9.90. The van der Waals surface area contributed by atoms with Gasteiger partial charge in [0.15, 0.2) is 6.10 Å². The van der Waals surface area contributed by atoms with E-state index < -0.39 is 47.7 Å². The zero-order valence-corrected chi connectivity index (χ0v) is 22.0. The molecular weight excluding hydrogens is 452 g/mol. The maximum Gasteiger partial charge on any atom is 0.333 e. The third kappa shape index (κ3) is 5.70. The summed E-state index contributed by atoms with van der Waals surface area (Å²) in [5.74, 6) is -1.92. The van der Waals surface area contributed by atoms with Gasteiger partial charge in [-0.1, -0.05) is 18.7 Å². The van der Waals surface area contributed by atoms with Crippen LogP contribution in [0.15, 0.2) is 35.5 Å². The van der Waals surface area contributed by atoms with E-state index in [-0.39, 0.29) is 17.8 Å². The molecule has 0 unspecified atom stereocenters. The minimum Gasteiger partial charge on any atom is -0.455 e. The van der Waals surface area contributed by atoms with Crippen molar-refractivity contribution < 1.29 is 38.1 Å². The lowest BCUT2D eigenvalue weighted by Gasteiger charge is -2.40. The van der Waals surface area contributed by atoms with Gasteiger partial charge >= 0.3 is 17.9 Å². The van der Waals surface area contributed by atoms with Crippen molar-refractivity contribution in [3.05, 3.63) is 35.5 Å². The van der Waals surface area contributed by atoms with E-state index in [9.17, 15) is 14.4 Å². The van der Waals surface area contributed by atoms with Gasteiger partial charge in [-0.15, -0.1) is 0 Å². The quantitative estimate of drug-likeness (QED) is 0.157. The third-order valence-corrected chi connectivity index (χ3v) is 7.48. The number of fused-ring (bicyclic) bond motifs is 1. The van der Waals surface area contributed by atoms with E-state index >= 15 is 0 Å². The fraction of sp³-hybridized carbons (Fsp3) is 0.667. The van der Waals surface area contributed by atoms with Gasteiger partial charge in [0.25, 0.3) is 0 Å². The summed E-state index contributed by atoms with van der Waals surface area (Å²) in [4.78, 5) is 37.5. The first kappa shape index (κ1) is 27.1. The van der Waals surface area contributed by atoms with Gasteiger partial charge in [-0.05, 0) is 60.5 Å². The SMILES string of the molecule is C=C([C@H](C[C@@H]1OC1(C)C)OC(=O)/C(C)=C\C)[C@@H]1C[C@@H]2O[C@]2(C)[C@H](OC(C)=O)[C@@H]1OC(=O)/C(C)=C\C. The lowest BCUT2D eigenvalue weighted by molar-refractivity contribution is -0.176. The average molecular weight is 491 g/mol. The van der Waals surface area contributed by atoms with Crippen LogP contribution in [0, 0.1) is 5.92 Å². The van der Waals surface area contributed by atoms with Gasteiger partial charge in [0.1, 0.15) is 17.8 Å². The fourth-order valence-electron chi connectivity index (χ4n) is 4.62. The third-order valence-electron chi connectivity index (χ3n) is 7.48. The summed E-state index contributed by atoms with van der Waals surface area (Å²) < 4.78 is 29.2. The molecule has 2 heterocycles. The Balaban J connectivity index is 1.93. The largest absolute Gasteiger partial charge is 0.455 e. The number of carbonyl (C=O) groups excluding carboxylic acids is 3. The van der Waals surface area contributed by atoms with E-state index in [0.29, 0.717) is 29.6 Å². The number of allylic oxidation sites excluding steroid dienone is 2. The maximum atomic E-state index is 12.8. The lowest BCUT2D eigenvalue weighted by atomic mass is 9.73. The van der Waals surface area contributed by atoms with Crippen LogP contribution in [0.4, 0.5) is 0 Å². The molecule has 8 heteroatoms. The van der Waals surface area contributed by atoms with Crippen molar-refractivity contribution >= 4 is 17.9 Å². The highest BCUT2D eigenvalue weighted by Gasteiger charge is 2.68. The summed E-state index contributed by atoms with van der Waals surface area (Å²) in [5, 5.41) is 0. The molecule has 0 spiro atoms. The summed E-state index contributed by atoms with van der Waals surface area (Å²) in [5.41, 5.74) is 0.413. The van der Waals surface area contributed by atoms with Crippen LogP contribution in [0.2, 0.25) is 0 Å². The molecular formula is C27H38O8. The summed E-state index contributed by atoms with van der Waals surface area (Å²) in [7, 11) is 0. The molecule has 0 aromatic heterocycles. The molecule has 0 N–H and O–H groups in total. The van der Waals surface area contributed by atoms with Crippen LogP contribution in [0.25, 0.3) is 0 Å². The molecule has 3 fully saturated rings. The molecule has 0 bridgehead atoms. The van der Waals surface area contributed by atoms with Gasteiger partial charge in [0.05, 0.1) is 17.8 Å². The van der Waals surface area contributed by atoms with Gasteiger partial charge in [0, 0.05) is 30.4 Å². The Bertz CT molecular complexity index is 960. The predicted octanol–water partition coefficient (Wildman–Crippen LogP) is 3.98. The summed E-state index contributed by atoms with van der Waals surface area (Å²) >= 11 is 0. The van der Waals surface area contributed by atoms with Gasteiger partial charge in [0.2, 0.25) is 0 Å². The maximum absolute atomic E-state index is 12.8. The molecule has 2 saturated heterocycles. The summed E-state index contributed by atoms with van der Waals surface area (Å²) in [6.45, 7) is 18.3. The van der Waals surface area contributed by atoms with Crippen molar-refractivity contribution in [2.24, 2.45) is 5.92 Å². The van der Waals surface area contributed by atoms with Crippen molar-refractivity contribution in [3.8, 4) is 0 Å². The van der Waals surface area contributed by atoms with Gasteiger partial charge in [-0.3, -0.25) is 4.79 Å². The van der Waals surface area contributed by atoms with Gasteiger partial charge in [-0.2, -0.15) is 0 Å². The second-order valence-electron chi connectivity index (χ2n) is 10.4. The minimum atomic E-state index is -0.852. The number of hydrogen-bond acceptors (Lipinski definition) is 8. The van der Waals surface area contributed by atoms with E-state index in [0.717, 1.165) is 0 Å². The highest BCUT2D eigenvalue weighted by molar-refractivity contribution is 5.88. The Labute approximate surface area is 207 Å². The number of epoxide rings is 2. The summed E-state index contributed by atoms with van der Waals surface area (Å²) in [6.07, 6.45) is 1.59. The lowest BCUT2D eigenvalue weighted by Crippen LogP contribution is -2.54. The number of carbonyl (C=O) groups is 3. The Kier molecular flexibility index (Phi) is 7.67. The van der Waals surface area contributed by atoms with E-state index in [4.69, 9.17) is 23.7 Å². The van der Waals surface area contributed by atoms with Crippen LogP contribution in [-0.4, -0.2) is 59.6 Å². The number of hydrogen-bond donors (Lipinski definition) is 0. The highest BCUT2D eigenvalue weighted by atomic mass is 16.7. The highest BCUT2D eigenvalue weighted by Crippen LogP contribution is 2.54. The molecule has 1 aliphatic carbocycles. The zero-order chi connectivity index (χ0) is 26.3. The number of rotatable bonds is 9. The number of esters is 3. The molecule has 0 radical (unpaired) electrons. The van der Waals surface area contributed by atoms with E-state index in [1.807, 2.05) is 20.8 Å². The van der Waals surface area contributed by atoms with Crippen molar-refractivity contribution in [2.45, 2.75) is 110 Å². The molecule has 8 nitrogen and oxygen atoms in total. The first-order valence-corrected chi connectivity index (χ1v) is 12.1. The zero-order valence-electron chi connectivity index (χ0n) is 22.0. The van der Waals surface area contributed by atoms with E-state index in [2.05, 4.69) is 6.58 Å². The summed E-state index contributed by atoms with van der Waals surface area (Å²) in [6, 6.07) is 0. The fourth-order valence-corrected chi connectivity index (χ4v) is 4.62. The average Bonchev–Trinajstić information content (AvgIpc) is 3.65. The second-order valence-corrected chi connectivity index (χ2v) is 10.4. The van der Waals surface area contributed by atoms with Crippen LogP contribution < -0.4 is 0 Å². The normalized spacial score (nSPS) is 34.2. The van der Waals surface area contributed by atoms with Crippen LogP contribution in [0.1, 0.15) is 68.2 Å². The molecule has 7 atom stereocenters. The molecule has 3 rings (SSSR count). The molecule has 0 amide bonds. The van der Waals surface area contributed by atoms with Gasteiger partial charge in [-0.25, -0.2) is 9.59 Å². The monoisotopic (exact) mass is 490 g/mol. The van der Waals surface area contributed by atoms with Crippen molar-refractivity contribution in [1.29, 1.82) is 0 Å². The molecule has 0 aromatic rings. The van der Waals surface area contributed by atoms with Crippen molar-refractivity contribution in [2.75, 3.05) is 0 Å². The number of ether oxygens (including phenoxy) is 5. The smallest absolute Gasteiger partial charge is 0.333 e. The predicted molar refractivity (Wildman–Crippen MR) is 128 cm³/mol. The Morgan fingerprint density at radius 1 is 1.00 bits per heavy atom. The molecule has 1 saturated carbocycles. The van der Waals surface area contributed by atoms with Crippen molar-refractivity contribution in [1.82, 2.24) is 0 Å². The first-order chi connectivity index (χ1) is 16.2. The Hall–Kier alpha value is -2.45. The molecule has 35 heavy (non-hydrogen) atoms. The van der Waals surface area contributed by atoms with Gasteiger partial charge < -0.3 is 23.7 Å². The topological polar surface area (TPSA) is 104 Å². The van der Waals surface area contributed by atoms with E-state index in [1.165, 1.54) is 6.92 Å². The molecule has 3 aliphatic rings. The standard InChI is InChI=1S/C27H38O8/c1-10-14(3)24(29)32-19(13-20-26(7,8)34-20)16(5)18-12-21-27(9,35-21)23(31-17(6)28)22(18)33-25(30)15(4)11-2/h10-11,18-23H,5,12-13H2,1-4,6-9H3/b14-10-,15-11-/t18-,19-,20-,21-,22+,23+,27-/m0/s1.